The minimum atomic E-state index is 0.763. The molecule has 138 valence electrons. The molecule has 0 aliphatic carbocycles. The van der Waals surface area contributed by atoms with Gasteiger partial charge in [0.05, 0.1) is 12.1 Å². The average molecular weight is 368 g/mol. The summed E-state index contributed by atoms with van der Waals surface area (Å²) in [5.74, 6) is 0.824. The molecule has 6 heteroatoms. The van der Waals surface area contributed by atoms with Crippen LogP contribution in [-0.2, 0) is 13.6 Å². The molecule has 0 bridgehead atoms. The highest BCUT2D eigenvalue weighted by Crippen LogP contribution is 2.23. The van der Waals surface area contributed by atoms with E-state index in [4.69, 9.17) is 4.98 Å². The van der Waals surface area contributed by atoms with Crippen molar-refractivity contribution in [3.05, 3.63) is 78.2 Å². The first-order valence-corrected chi connectivity index (χ1v) is 9.23. The van der Waals surface area contributed by atoms with Gasteiger partial charge in [-0.2, -0.15) is 0 Å². The SMILES string of the molecule is Cc1cc(Nc2ccc3c(n2)n(Cc2ccc4ncccc4c2)n3C)ccn1. The van der Waals surface area contributed by atoms with Gasteiger partial charge >= 0.3 is 0 Å². The van der Waals surface area contributed by atoms with Crippen molar-refractivity contribution in [1.82, 2.24) is 24.3 Å². The number of rotatable bonds is 4. The molecule has 0 amide bonds. The number of fused-ring (bicyclic) bond motifs is 2. The van der Waals surface area contributed by atoms with Crippen molar-refractivity contribution in [2.45, 2.75) is 13.5 Å². The van der Waals surface area contributed by atoms with E-state index in [1.807, 2.05) is 37.4 Å². The Bertz CT molecular complexity index is 1300. The van der Waals surface area contributed by atoms with Gasteiger partial charge < -0.3 is 5.32 Å². The molecule has 0 fully saturated rings. The number of benzene rings is 1. The second-order valence-corrected chi connectivity index (χ2v) is 6.96. The van der Waals surface area contributed by atoms with E-state index in [2.05, 4.69) is 62.0 Å². The van der Waals surface area contributed by atoms with Crippen LogP contribution >= 0.6 is 0 Å². The van der Waals surface area contributed by atoms with Crippen LogP contribution in [-0.4, -0.2) is 24.3 Å². The van der Waals surface area contributed by atoms with Crippen LogP contribution < -0.4 is 5.32 Å². The van der Waals surface area contributed by atoms with E-state index in [1.165, 1.54) is 5.56 Å². The third-order valence-electron chi connectivity index (χ3n) is 4.98. The van der Waals surface area contributed by atoms with Crippen LogP contribution in [0.3, 0.4) is 0 Å². The number of nitrogens with one attached hydrogen (secondary N) is 1. The molecular weight excluding hydrogens is 348 g/mol. The lowest BCUT2D eigenvalue weighted by atomic mass is 10.1. The third kappa shape index (κ3) is 2.89. The Morgan fingerprint density at radius 1 is 0.964 bits per heavy atom. The molecule has 5 aromatic rings. The van der Waals surface area contributed by atoms with Gasteiger partial charge in [0.15, 0.2) is 5.65 Å². The normalized spacial score (nSPS) is 11.4. The first kappa shape index (κ1) is 16.5. The van der Waals surface area contributed by atoms with E-state index in [1.54, 1.807) is 6.20 Å². The number of pyridine rings is 3. The van der Waals surface area contributed by atoms with Crippen molar-refractivity contribution < 1.29 is 0 Å². The third-order valence-corrected chi connectivity index (χ3v) is 4.98. The van der Waals surface area contributed by atoms with Crippen LogP contribution in [0.4, 0.5) is 11.5 Å². The monoisotopic (exact) mass is 368 g/mol. The fourth-order valence-electron chi connectivity index (χ4n) is 3.53. The van der Waals surface area contributed by atoms with Crippen molar-refractivity contribution in [1.29, 1.82) is 0 Å². The van der Waals surface area contributed by atoms with Crippen LogP contribution in [0.1, 0.15) is 11.3 Å². The van der Waals surface area contributed by atoms with E-state index in [-0.39, 0.29) is 0 Å². The van der Waals surface area contributed by atoms with Gasteiger partial charge in [0.1, 0.15) is 11.3 Å². The van der Waals surface area contributed by atoms with Crippen LogP contribution in [0.25, 0.3) is 22.1 Å². The smallest absolute Gasteiger partial charge is 0.175 e. The molecule has 0 atom stereocenters. The van der Waals surface area contributed by atoms with Gasteiger partial charge in [-0.3, -0.25) is 19.3 Å². The molecule has 5 rings (SSSR count). The molecule has 0 saturated heterocycles. The standard InChI is InChI=1S/C22H20N6/c1-15-12-18(9-11-23-15)25-21-8-7-20-22(26-21)28(27(20)2)14-16-5-6-19-17(13-16)4-3-10-24-19/h3-13H,14H2,1-2H3,(H,23,25,26). The Balaban J connectivity index is 1.46. The number of aromatic nitrogens is 5. The second kappa shape index (κ2) is 6.49. The highest BCUT2D eigenvalue weighted by atomic mass is 15.4. The van der Waals surface area contributed by atoms with E-state index in [0.29, 0.717) is 0 Å². The van der Waals surface area contributed by atoms with E-state index >= 15 is 0 Å². The number of hydrogen-bond acceptors (Lipinski definition) is 4. The van der Waals surface area contributed by atoms with Crippen molar-refractivity contribution in [3.63, 3.8) is 0 Å². The second-order valence-electron chi connectivity index (χ2n) is 6.96. The largest absolute Gasteiger partial charge is 0.340 e. The first-order chi connectivity index (χ1) is 13.7. The molecular formula is C22H20N6. The topological polar surface area (TPSA) is 60.6 Å². The van der Waals surface area contributed by atoms with Crippen LogP contribution in [0, 0.1) is 6.92 Å². The minimum absolute atomic E-state index is 0.763. The molecule has 0 aliphatic heterocycles. The Kier molecular flexibility index (Phi) is 3.83. The zero-order chi connectivity index (χ0) is 19.1. The predicted octanol–water partition coefficient (Wildman–Crippen LogP) is 4.42. The molecule has 28 heavy (non-hydrogen) atoms. The van der Waals surface area contributed by atoms with Gasteiger partial charge in [0.2, 0.25) is 0 Å². The summed E-state index contributed by atoms with van der Waals surface area (Å²) in [6.45, 7) is 2.74. The van der Waals surface area contributed by atoms with Gasteiger partial charge in [-0.1, -0.05) is 12.1 Å². The lowest BCUT2D eigenvalue weighted by Gasteiger charge is -2.23. The van der Waals surface area contributed by atoms with Crippen molar-refractivity contribution in [2.75, 3.05) is 5.32 Å². The summed E-state index contributed by atoms with van der Waals surface area (Å²) in [6.07, 6.45) is 3.62. The summed E-state index contributed by atoms with van der Waals surface area (Å²) in [7, 11) is 2.06. The summed E-state index contributed by atoms with van der Waals surface area (Å²) in [5.41, 5.74) is 6.30. The van der Waals surface area contributed by atoms with E-state index in [0.717, 1.165) is 45.8 Å². The quantitative estimate of drug-likeness (QED) is 0.510. The maximum Gasteiger partial charge on any atom is 0.175 e. The van der Waals surface area contributed by atoms with Crippen LogP contribution in [0.5, 0.6) is 0 Å². The molecule has 6 nitrogen and oxygen atoms in total. The lowest BCUT2D eigenvalue weighted by Crippen LogP contribution is -2.22. The van der Waals surface area contributed by atoms with Gasteiger partial charge in [-0.15, -0.1) is 0 Å². The maximum atomic E-state index is 4.82. The summed E-state index contributed by atoms with van der Waals surface area (Å²) in [5, 5.41) is 4.52. The molecule has 0 aliphatic rings. The Morgan fingerprint density at radius 2 is 1.89 bits per heavy atom. The number of hydrogen-bond donors (Lipinski definition) is 1. The summed E-state index contributed by atoms with van der Waals surface area (Å²) >= 11 is 0. The summed E-state index contributed by atoms with van der Waals surface area (Å²) < 4.78 is 4.31. The maximum absolute atomic E-state index is 4.82. The summed E-state index contributed by atoms with van der Waals surface area (Å²) in [4.78, 5) is 13.4. The van der Waals surface area contributed by atoms with Crippen molar-refractivity contribution >= 4 is 33.6 Å². The van der Waals surface area contributed by atoms with Gasteiger partial charge in [-0.05, 0) is 55.0 Å². The highest BCUT2D eigenvalue weighted by molar-refractivity contribution is 5.79. The predicted molar refractivity (Wildman–Crippen MR) is 112 cm³/mol. The van der Waals surface area contributed by atoms with Crippen molar-refractivity contribution in [3.8, 4) is 0 Å². The molecule has 0 spiro atoms. The average Bonchev–Trinajstić information content (AvgIpc) is 2.72. The fraction of sp³-hybridized carbons (Fsp3) is 0.136. The fourth-order valence-corrected chi connectivity index (χ4v) is 3.53. The number of aryl methyl sites for hydroxylation is 2. The van der Waals surface area contributed by atoms with Gasteiger partial charge in [0.25, 0.3) is 0 Å². The lowest BCUT2D eigenvalue weighted by molar-refractivity contribution is 0.538. The molecule has 0 unspecified atom stereocenters. The first-order valence-electron chi connectivity index (χ1n) is 9.23. The minimum Gasteiger partial charge on any atom is -0.340 e. The highest BCUT2D eigenvalue weighted by Gasteiger charge is 2.13. The van der Waals surface area contributed by atoms with Crippen LogP contribution in [0.2, 0.25) is 0 Å². The molecule has 0 saturated carbocycles. The van der Waals surface area contributed by atoms with Crippen LogP contribution in [0.15, 0.2) is 67.0 Å². The number of anilines is 2. The molecule has 0 radical (unpaired) electrons. The van der Waals surface area contributed by atoms with Gasteiger partial charge in [0, 0.05) is 36.2 Å². The molecule has 4 aromatic heterocycles. The Morgan fingerprint density at radius 3 is 2.79 bits per heavy atom. The van der Waals surface area contributed by atoms with Gasteiger partial charge in [-0.25, -0.2) is 4.98 Å². The number of nitrogens with zero attached hydrogens (tertiary/aromatic N) is 5. The zero-order valence-electron chi connectivity index (χ0n) is 15.8. The van der Waals surface area contributed by atoms with E-state index < -0.39 is 0 Å². The zero-order valence-corrected chi connectivity index (χ0v) is 15.8. The van der Waals surface area contributed by atoms with Crippen molar-refractivity contribution in [2.24, 2.45) is 7.05 Å². The Labute approximate surface area is 162 Å². The van der Waals surface area contributed by atoms with E-state index in [9.17, 15) is 0 Å². The molecule has 1 N–H and O–H groups in total. The summed E-state index contributed by atoms with van der Waals surface area (Å²) in [6, 6.07) is 18.5. The Hall–Kier alpha value is -3.67. The molecule has 1 aromatic carbocycles. The molecule has 4 heterocycles.